The van der Waals surface area contributed by atoms with Crippen molar-refractivity contribution in [3.05, 3.63) is 12.7 Å². The molecule has 0 bridgehead atoms. The van der Waals surface area contributed by atoms with Crippen LogP contribution in [0.25, 0.3) is 0 Å². The van der Waals surface area contributed by atoms with Gasteiger partial charge in [-0.1, -0.05) is 17.8 Å². The Labute approximate surface area is 122 Å². The Bertz CT molecular complexity index is 434. The molecule has 10 heteroatoms. The minimum Gasteiger partial charge on any atom is -0.388 e. The van der Waals surface area contributed by atoms with Gasteiger partial charge in [-0.3, -0.25) is 4.99 Å². The molecule has 6 nitrogen and oxygen atoms in total. The lowest BCUT2D eigenvalue weighted by atomic mass is 9.94. The highest BCUT2D eigenvalue weighted by Gasteiger charge is 2.55. The maximum Gasteiger partial charge on any atom is 0.417 e. The fourth-order valence-corrected chi connectivity index (χ4v) is 3.19. The summed E-state index contributed by atoms with van der Waals surface area (Å²) in [5.41, 5.74) is -0.905. The number of fused-ring (bicyclic) bond motifs is 1. The van der Waals surface area contributed by atoms with Gasteiger partial charge in [-0.05, 0) is 0 Å². The fourth-order valence-electron chi connectivity index (χ4n) is 2.08. The molecule has 21 heavy (non-hydrogen) atoms. The van der Waals surface area contributed by atoms with Crippen LogP contribution in [0.15, 0.2) is 17.6 Å². The average Bonchev–Trinajstić information content (AvgIpc) is 2.82. The lowest BCUT2D eigenvalue weighted by molar-refractivity contribution is -0.271. The topological polar surface area (TPSA) is 94.3 Å². The summed E-state index contributed by atoms with van der Waals surface area (Å²) in [6.07, 6.45) is -11.7. The molecular weight excluding hydrogens is 313 g/mol. The Morgan fingerprint density at radius 3 is 2.67 bits per heavy atom. The van der Waals surface area contributed by atoms with Crippen molar-refractivity contribution in [3.63, 3.8) is 0 Å². The number of nitrogens with zero attached hydrogens (tertiary/aromatic N) is 1. The molecule has 2 unspecified atom stereocenters. The van der Waals surface area contributed by atoms with Crippen LogP contribution in [0.1, 0.15) is 0 Å². The molecule has 0 spiro atoms. The first-order valence-electron chi connectivity index (χ1n) is 6.11. The van der Waals surface area contributed by atoms with E-state index in [1.54, 1.807) is 6.08 Å². The summed E-state index contributed by atoms with van der Waals surface area (Å²) in [4.78, 5) is 4.06. The Hall–Kier alpha value is -0.810. The molecule has 120 valence electrons. The summed E-state index contributed by atoms with van der Waals surface area (Å²) in [5, 5.41) is 32.1. The van der Waals surface area contributed by atoms with E-state index in [2.05, 4.69) is 16.9 Å². The Kier molecular flexibility index (Phi) is 4.83. The molecule has 2 heterocycles. The van der Waals surface area contributed by atoms with Gasteiger partial charge in [-0.15, -0.1) is 6.58 Å². The lowest BCUT2D eigenvalue weighted by Gasteiger charge is -2.40. The van der Waals surface area contributed by atoms with Gasteiger partial charge in [0.25, 0.3) is 0 Å². The van der Waals surface area contributed by atoms with Crippen molar-refractivity contribution in [2.75, 3.05) is 6.54 Å². The molecule has 2 aliphatic rings. The van der Waals surface area contributed by atoms with E-state index in [1.165, 1.54) is 0 Å². The quantitative estimate of drug-likeness (QED) is 0.527. The molecule has 0 aromatic heterocycles. The first-order valence-corrected chi connectivity index (χ1v) is 6.99. The van der Waals surface area contributed by atoms with Gasteiger partial charge in [0, 0.05) is 6.54 Å². The summed E-state index contributed by atoms with van der Waals surface area (Å²) < 4.78 is 42.7. The van der Waals surface area contributed by atoms with Crippen LogP contribution in [0.2, 0.25) is 0 Å². The largest absolute Gasteiger partial charge is 0.417 e. The molecule has 2 aliphatic heterocycles. The summed E-state index contributed by atoms with van der Waals surface area (Å²) in [7, 11) is 0. The molecule has 4 N–H and O–H groups in total. The number of alkyl halides is 3. The third-order valence-corrected chi connectivity index (χ3v) is 4.24. The molecule has 6 atom stereocenters. The summed E-state index contributed by atoms with van der Waals surface area (Å²) in [5.74, 6) is 0. The first-order chi connectivity index (χ1) is 9.75. The van der Waals surface area contributed by atoms with Crippen LogP contribution in [0.3, 0.4) is 0 Å². The minimum absolute atomic E-state index is 0.373. The lowest BCUT2D eigenvalue weighted by Crippen LogP contribution is -2.60. The van der Waals surface area contributed by atoms with Gasteiger partial charge in [-0.25, -0.2) is 0 Å². The first kappa shape index (κ1) is 16.6. The van der Waals surface area contributed by atoms with E-state index in [0.717, 1.165) is 11.8 Å². The van der Waals surface area contributed by atoms with E-state index in [4.69, 9.17) is 4.74 Å². The van der Waals surface area contributed by atoms with Gasteiger partial charge in [0.15, 0.2) is 11.3 Å². The van der Waals surface area contributed by atoms with Crippen molar-refractivity contribution in [1.82, 2.24) is 5.32 Å². The summed E-state index contributed by atoms with van der Waals surface area (Å²) >= 11 is 0.991. The molecule has 0 radical (unpaired) electrons. The maximum absolute atomic E-state index is 12.5. The van der Waals surface area contributed by atoms with Crippen molar-refractivity contribution in [1.29, 1.82) is 0 Å². The van der Waals surface area contributed by atoms with Crippen molar-refractivity contribution >= 4 is 16.9 Å². The van der Waals surface area contributed by atoms with Gasteiger partial charge in [0.1, 0.15) is 29.8 Å². The SMILES string of the molecule is C=CCNC1=N[C@H]2C(OC([C@@H](O)C(F)(F)F)[C@@H](O)[C@@H]2O)S1. The number of aliphatic hydroxyl groups excluding tert-OH is 3. The maximum atomic E-state index is 12.5. The Morgan fingerprint density at radius 1 is 1.43 bits per heavy atom. The smallest absolute Gasteiger partial charge is 0.388 e. The standard InChI is InChI=1S/C11H15F3N2O4S/c1-2-3-15-10-16-4-5(17)6(18)7(20-9(4)21-10)8(19)11(12,13)14/h2,4-9,17-19H,1,3H2,(H,15,16)/t4-,5-,6+,7?,8-,9?/m1/s1. The van der Waals surface area contributed by atoms with Crippen LogP contribution in [-0.4, -0.2) is 69.1 Å². The Morgan fingerprint density at radius 2 is 2.10 bits per heavy atom. The van der Waals surface area contributed by atoms with Crippen LogP contribution in [0, 0.1) is 0 Å². The van der Waals surface area contributed by atoms with Crippen molar-refractivity contribution < 1.29 is 33.2 Å². The van der Waals surface area contributed by atoms with Crippen molar-refractivity contribution in [3.8, 4) is 0 Å². The highest BCUT2D eigenvalue weighted by atomic mass is 32.2. The van der Waals surface area contributed by atoms with E-state index in [0.29, 0.717) is 11.7 Å². The number of ether oxygens (including phenoxy) is 1. The van der Waals surface area contributed by atoms with Crippen LogP contribution in [0.4, 0.5) is 13.2 Å². The minimum atomic E-state index is -4.95. The number of amidine groups is 1. The van der Waals surface area contributed by atoms with E-state index in [9.17, 15) is 28.5 Å². The predicted octanol–water partition coefficient (Wildman–Crippen LogP) is -0.397. The van der Waals surface area contributed by atoms with Crippen LogP contribution in [-0.2, 0) is 4.74 Å². The number of aliphatic hydroxyl groups is 3. The molecule has 0 aliphatic carbocycles. The third-order valence-electron chi connectivity index (χ3n) is 3.14. The van der Waals surface area contributed by atoms with Gasteiger partial charge in [0.2, 0.25) is 0 Å². The zero-order chi connectivity index (χ0) is 15.8. The fraction of sp³-hybridized carbons (Fsp3) is 0.727. The van der Waals surface area contributed by atoms with Crippen molar-refractivity contribution in [2.45, 2.75) is 42.1 Å². The number of thioether (sulfide) groups is 1. The average molecular weight is 328 g/mol. The number of hydrogen-bond donors (Lipinski definition) is 4. The number of halogens is 3. The predicted molar refractivity (Wildman–Crippen MR) is 69.8 cm³/mol. The molecule has 0 amide bonds. The molecule has 1 fully saturated rings. The zero-order valence-electron chi connectivity index (χ0n) is 10.7. The highest BCUT2D eigenvalue weighted by molar-refractivity contribution is 8.14. The number of hydrogen-bond acceptors (Lipinski definition) is 7. The molecule has 0 saturated carbocycles. The monoisotopic (exact) mass is 328 g/mol. The van der Waals surface area contributed by atoms with Gasteiger partial charge in [-0.2, -0.15) is 13.2 Å². The van der Waals surface area contributed by atoms with Crippen molar-refractivity contribution in [2.24, 2.45) is 4.99 Å². The zero-order valence-corrected chi connectivity index (χ0v) is 11.5. The van der Waals surface area contributed by atoms with E-state index < -0.39 is 42.1 Å². The van der Waals surface area contributed by atoms with Gasteiger partial charge >= 0.3 is 6.18 Å². The highest BCUT2D eigenvalue weighted by Crippen LogP contribution is 2.38. The molecular formula is C11H15F3N2O4S. The third kappa shape index (κ3) is 3.34. The second-order valence-corrected chi connectivity index (χ2v) is 5.74. The molecule has 0 aromatic rings. The molecule has 2 rings (SSSR count). The van der Waals surface area contributed by atoms with E-state index in [1.807, 2.05) is 0 Å². The van der Waals surface area contributed by atoms with Gasteiger partial charge < -0.3 is 25.4 Å². The van der Waals surface area contributed by atoms with Crippen LogP contribution < -0.4 is 5.32 Å². The van der Waals surface area contributed by atoms with Gasteiger partial charge in [0.05, 0.1) is 0 Å². The second kappa shape index (κ2) is 6.13. The normalized spacial score (nSPS) is 37.6. The number of rotatable bonds is 3. The van der Waals surface area contributed by atoms with Crippen LogP contribution in [0.5, 0.6) is 0 Å². The van der Waals surface area contributed by atoms with E-state index in [-0.39, 0.29) is 0 Å². The van der Waals surface area contributed by atoms with Crippen LogP contribution >= 0.6 is 11.8 Å². The second-order valence-electron chi connectivity index (χ2n) is 4.65. The molecule has 1 saturated heterocycles. The summed E-state index contributed by atoms with van der Waals surface area (Å²) in [6.45, 7) is 3.88. The van der Waals surface area contributed by atoms with E-state index >= 15 is 0 Å². The molecule has 0 aromatic carbocycles. The summed E-state index contributed by atoms with van der Waals surface area (Å²) in [6, 6.07) is -0.894. The number of aliphatic imine (C=N–C) groups is 1. The Balaban J connectivity index is 2.10. The number of nitrogens with one attached hydrogen (secondary N) is 1.